The molecule has 0 saturated heterocycles. The summed E-state index contributed by atoms with van der Waals surface area (Å²) in [6, 6.07) is 39.5. The SMILES string of the molecule is CC1(C)CCC(C)(C)c2c(N(c3ccc4c(c3)C3(c5ccccc5-4)C4CC5CC6CC3C64C5)c3cccc4c3oc3ccccc34)cccc21. The minimum atomic E-state index is 0.0417. The average Bonchev–Trinajstić information content (AvgIpc) is 3.85. The van der Waals surface area contributed by atoms with Gasteiger partial charge >= 0.3 is 0 Å². The number of hydrogen-bond donors (Lipinski definition) is 0. The maximum absolute atomic E-state index is 6.83. The Kier molecular flexibility index (Phi) is 5.08. The highest BCUT2D eigenvalue weighted by molar-refractivity contribution is 6.10. The topological polar surface area (TPSA) is 16.4 Å². The van der Waals surface area contributed by atoms with E-state index >= 15 is 0 Å². The van der Waals surface area contributed by atoms with Crippen LogP contribution in [0, 0.1) is 29.1 Å². The van der Waals surface area contributed by atoms with Crippen LogP contribution >= 0.6 is 0 Å². The molecule has 6 aliphatic carbocycles. The van der Waals surface area contributed by atoms with Crippen molar-refractivity contribution < 1.29 is 4.42 Å². The lowest BCUT2D eigenvalue weighted by molar-refractivity contribution is -0.231. The Balaban J connectivity index is 1.14. The molecule has 4 saturated carbocycles. The molecule has 2 heteroatoms. The molecule has 6 atom stereocenters. The molecule has 0 amide bonds. The van der Waals surface area contributed by atoms with E-state index in [4.69, 9.17) is 4.42 Å². The monoisotopic (exact) mass is 651 g/mol. The van der Waals surface area contributed by atoms with Gasteiger partial charge in [-0.1, -0.05) is 100 Å². The first-order valence-corrected chi connectivity index (χ1v) is 19.3. The molecule has 0 radical (unpaired) electrons. The lowest BCUT2D eigenvalue weighted by atomic mass is 9.27. The third-order valence-electron chi connectivity index (χ3n) is 15.6. The number of hydrogen-bond acceptors (Lipinski definition) is 2. The maximum atomic E-state index is 6.83. The number of nitrogens with zero attached hydrogens (tertiary/aromatic N) is 1. The lowest BCUT2D eigenvalue weighted by Gasteiger charge is -2.76. The van der Waals surface area contributed by atoms with E-state index in [1.54, 1.807) is 11.1 Å². The Bertz CT molecular complexity index is 2460. The second-order valence-electron chi connectivity index (χ2n) is 18.4. The summed E-state index contributed by atoms with van der Waals surface area (Å²) in [6.45, 7) is 9.82. The van der Waals surface area contributed by atoms with E-state index in [2.05, 4.69) is 136 Å². The van der Waals surface area contributed by atoms with Crippen molar-refractivity contribution >= 4 is 39.0 Å². The Morgan fingerprint density at radius 2 is 1.34 bits per heavy atom. The highest BCUT2D eigenvalue weighted by Gasteiger charge is 2.84. The van der Waals surface area contributed by atoms with E-state index in [-0.39, 0.29) is 16.2 Å². The normalized spacial score (nSPS) is 31.2. The van der Waals surface area contributed by atoms with Crippen LogP contribution in [0.25, 0.3) is 33.1 Å². The van der Waals surface area contributed by atoms with Crippen molar-refractivity contribution in [1.29, 1.82) is 0 Å². The number of furan rings is 1. The summed E-state index contributed by atoms with van der Waals surface area (Å²) in [7, 11) is 0. The quantitative estimate of drug-likeness (QED) is 0.189. The first-order valence-electron chi connectivity index (χ1n) is 19.3. The minimum absolute atomic E-state index is 0.0417. The summed E-state index contributed by atoms with van der Waals surface area (Å²) in [5.74, 6) is 3.49. The summed E-state index contributed by atoms with van der Waals surface area (Å²) in [5.41, 5.74) is 15.7. The van der Waals surface area contributed by atoms with Crippen LogP contribution in [0.4, 0.5) is 17.1 Å². The molecule has 1 aromatic heterocycles. The van der Waals surface area contributed by atoms with E-state index in [9.17, 15) is 0 Å². The van der Waals surface area contributed by atoms with E-state index < -0.39 is 0 Å². The van der Waals surface area contributed by atoms with Crippen LogP contribution in [0.2, 0.25) is 0 Å². The summed E-state index contributed by atoms with van der Waals surface area (Å²) < 4.78 is 6.83. The molecule has 0 aliphatic heterocycles. The van der Waals surface area contributed by atoms with Crippen molar-refractivity contribution in [3.8, 4) is 11.1 Å². The molecule has 5 aromatic carbocycles. The van der Waals surface area contributed by atoms with Gasteiger partial charge in [-0.25, -0.2) is 0 Å². The molecule has 2 nitrogen and oxygen atoms in total. The van der Waals surface area contributed by atoms with Gasteiger partial charge in [-0.3, -0.25) is 0 Å². The van der Waals surface area contributed by atoms with Crippen molar-refractivity contribution in [1.82, 2.24) is 0 Å². The molecule has 6 unspecified atom stereocenters. The smallest absolute Gasteiger partial charge is 0.159 e. The van der Waals surface area contributed by atoms with Gasteiger partial charge in [-0.2, -0.15) is 0 Å². The molecule has 2 spiro atoms. The van der Waals surface area contributed by atoms with Crippen LogP contribution in [0.3, 0.4) is 0 Å². The van der Waals surface area contributed by atoms with Crippen LogP contribution in [-0.2, 0) is 16.2 Å². The van der Waals surface area contributed by atoms with Gasteiger partial charge in [0.25, 0.3) is 0 Å². The summed E-state index contributed by atoms with van der Waals surface area (Å²) in [4.78, 5) is 2.60. The standard InChI is InChI=1S/C48H45NO/c1-45(2)21-22-46(3,4)43-36(45)15-10-16-38(43)49(39-17-9-13-34-33-12-6-8-18-40(33)50-44(34)39)30-19-20-32-31-11-5-7-14-35(31)48(37(32)26-30)41-24-28-23-29-25-42(48)47(29,41)27-28/h5-20,26,28-29,41-42H,21-25,27H2,1-4H3. The first-order chi connectivity index (χ1) is 24.2. The summed E-state index contributed by atoms with van der Waals surface area (Å²) >= 11 is 0. The first kappa shape index (κ1) is 28.4. The third-order valence-corrected chi connectivity index (χ3v) is 15.6. The zero-order valence-electron chi connectivity index (χ0n) is 29.7. The molecule has 1 heterocycles. The largest absolute Gasteiger partial charge is 0.454 e. The van der Waals surface area contributed by atoms with Crippen molar-refractivity contribution in [3.05, 3.63) is 125 Å². The number of anilines is 3. The van der Waals surface area contributed by atoms with E-state index in [1.807, 2.05) is 0 Å². The van der Waals surface area contributed by atoms with Gasteiger partial charge in [0.05, 0.1) is 11.4 Å². The fourth-order valence-corrected chi connectivity index (χ4v) is 13.7. The van der Waals surface area contributed by atoms with Gasteiger partial charge in [-0.05, 0) is 142 Å². The predicted octanol–water partition coefficient (Wildman–Crippen LogP) is 12.7. The number of fused-ring (bicyclic) bond motifs is 12. The second-order valence-corrected chi connectivity index (χ2v) is 18.4. The molecular weight excluding hydrogens is 607 g/mol. The second kappa shape index (κ2) is 8.94. The molecule has 6 aliphatic rings. The van der Waals surface area contributed by atoms with Crippen molar-refractivity contribution in [2.75, 3.05) is 4.90 Å². The Morgan fingerprint density at radius 3 is 2.24 bits per heavy atom. The maximum Gasteiger partial charge on any atom is 0.159 e. The van der Waals surface area contributed by atoms with Gasteiger partial charge in [0.15, 0.2) is 5.58 Å². The van der Waals surface area contributed by atoms with Gasteiger partial charge in [0.2, 0.25) is 0 Å². The number of benzene rings is 5. The van der Waals surface area contributed by atoms with Gasteiger partial charge in [0.1, 0.15) is 5.58 Å². The molecule has 6 aromatic rings. The average molecular weight is 652 g/mol. The molecule has 0 N–H and O–H groups in total. The van der Waals surface area contributed by atoms with Crippen molar-refractivity contribution in [2.45, 2.75) is 82.5 Å². The highest BCUT2D eigenvalue weighted by Crippen LogP contribution is 2.89. The fourth-order valence-electron chi connectivity index (χ4n) is 13.7. The molecule has 2 bridgehead atoms. The van der Waals surface area contributed by atoms with Crippen LogP contribution < -0.4 is 4.90 Å². The molecular formula is C48H45NO. The van der Waals surface area contributed by atoms with Crippen LogP contribution in [-0.4, -0.2) is 0 Å². The zero-order valence-corrected chi connectivity index (χ0v) is 29.7. The lowest BCUT2D eigenvalue weighted by Crippen LogP contribution is -2.73. The summed E-state index contributed by atoms with van der Waals surface area (Å²) in [5, 5.41) is 2.36. The molecule has 4 fully saturated rings. The highest BCUT2D eigenvalue weighted by atomic mass is 16.3. The molecule has 12 rings (SSSR count). The van der Waals surface area contributed by atoms with Crippen LogP contribution in [0.1, 0.15) is 88.5 Å². The number of para-hydroxylation sites is 2. The Hall–Kier alpha value is -4.30. The zero-order chi connectivity index (χ0) is 33.4. The molecule has 248 valence electrons. The van der Waals surface area contributed by atoms with E-state index in [1.165, 1.54) is 82.9 Å². The van der Waals surface area contributed by atoms with Crippen LogP contribution in [0.15, 0.2) is 108 Å². The van der Waals surface area contributed by atoms with E-state index in [0.29, 0.717) is 5.41 Å². The Labute approximate surface area is 295 Å². The van der Waals surface area contributed by atoms with Gasteiger partial charge < -0.3 is 9.32 Å². The predicted molar refractivity (Wildman–Crippen MR) is 205 cm³/mol. The van der Waals surface area contributed by atoms with Crippen molar-refractivity contribution in [3.63, 3.8) is 0 Å². The summed E-state index contributed by atoms with van der Waals surface area (Å²) in [6.07, 6.45) is 8.20. The minimum Gasteiger partial charge on any atom is -0.454 e. The number of rotatable bonds is 3. The van der Waals surface area contributed by atoms with Gasteiger partial charge in [-0.15, -0.1) is 0 Å². The Morgan fingerprint density at radius 1 is 0.620 bits per heavy atom. The fraction of sp³-hybridized carbons (Fsp3) is 0.375. The van der Waals surface area contributed by atoms with Crippen LogP contribution in [0.5, 0.6) is 0 Å². The molecule has 50 heavy (non-hydrogen) atoms. The van der Waals surface area contributed by atoms with Crippen molar-refractivity contribution in [2.24, 2.45) is 29.1 Å². The third kappa shape index (κ3) is 3.09. The van der Waals surface area contributed by atoms with E-state index in [0.717, 1.165) is 40.5 Å². The van der Waals surface area contributed by atoms with Gasteiger partial charge in [0, 0.05) is 21.9 Å².